The maximum Gasteiger partial charge on any atom is 0.430 e. The minimum Gasteiger partial charge on any atom is -0.475 e. The van der Waals surface area contributed by atoms with Crippen LogP contribution in [0.15, 0.2) is 77.4 Å². The Morgan fingerprint density at radius 2 is 1.45 bits per heavy atom. The van der Waals surface area contributed by atoms with Crippen molar-refractivity contribution in [2.24, 2.45) is 0 Å². The van der Waals surface area contributed by atoms with E-state index in [4.69, 9.17) is 18.6 Å². The van der Waals surface area contributed by atoms with Crippen LogP contribution < -0.4 is 19.1 Å². The molecule has 4 aromatic rings. The van der Waals surface area contributed by atoms with E-state index in [1.165, 1.54) is 6.26 Å². The van der Waals surface area contributed by atoms with Crippen LogP contribution in [0.4, 0.5) is 15.4 Å². The summed E-state index contributed by atoms with van der Waals surface area (Å²) in [4.78, 5) is 35.2. The first-order valence-corrected chi connectivity index (χ1v) is 9.37. The number of aromatic nitrogens is 2. The zero-order valence-corrected chi connectivity index (χ0v) is 16.4. The van der Waals surface area contributed by atoms with Crippen molar-refractivity contribution >= 4 is 29.2 Å². The van der Waals surface area contributed by atoms with E-state index in [0.29, 0.717) is 10.4 Å². The number of benzene rings is 2. The van der Waals surface area contributed by atoms with E-state index in [1.807, 2.05) is 0 Å². The highest BCUT2D eigenvalue weighted by molar-refractivity contribution is 6.11. The zero-order valence-electron chi connectivity index (χ0n) is 16.4. The van der Waals surface area contributed by atoms with Crippen LogP contribution in [0.5, 0.6) is 17.4 Å². The number of rotatable bonds is 5. The number of carbonyl (C=O) groups is 2. The van der Waals surface area contributed by atoms with E-state index < -0.39 is 12.2 Å². The lowest BCUT2D eigenvalue weighted by Crippen LogP contribution is -2.42. The number of fused-ring (bicyclic) bond motifs is 1. The fourth-order valence-corrected chi connectivity index (χ4v) is 2.66. The van der Waals surface area contributed by atoms with Crippen molar-refractivity contribution in [3.63, 3.8) is 0 Å². The van der Waals surface area contributed by atoms with Crippen LogP contribution in [0.1, 0.15) is 6.92 Å². The fraction of sp³-hybridized carbons (Fsp3) is 0.0909. The molecule has 0 atom stereocenters. The molecule has 4 rings (SSSR count). The summed E-state index contributed by atoms with van der Waals surface area (Å²) < 4.78 is 21.5. The molecule has 9 nitrogen and oxygen atoms in total. The quantitative estimate of drug-likeness (QED) is 0.453. The Balaban J connectivity index is 1.75. The molecule has 0 unspecified atom stereocenters. The molecule has 0 saturated carbocycles. The second kappa shape index (κ2) is 8.95. The first-order valence-electron chi connectivity index (χ1n) is 9.37. The van der Waals surface area contributed by atoms with Gasteiger partial charge in [0.25, 0.3) is 5.88 Å². The largest absolute Gasteiger partial charge is 0.475 e. The predicted octanol–water partition coefficient (Wildman–Crippen LogP) is 4.83. The van der Waals surface area contributed by atoms with E-state index in [-0.39, 0.29) is 35.5 Å². The SMILES string of the molecule is CCOc1nc2occc2nc1N(C(=O)Oc1ccccc1)C(=O)Oc1ccccc1. The summed E-state index contributed by atoms with van der Waals surface area (Å²) in [6.45, 7) is 1.94. The third-order valence-corrected chi connectivity index (χ3v) is 4.00. The number of furan rings is 1. The topological polar surface area (TPSA) is 104 Å². The number of hydrogen-bond donors (Lipinski definition) is 0. The second-order valence-corrected chi connectivity index (χ2v) is 6.09. The Kier molecular flexibility index (Phi) is 5.75. The van der Waals surface area contributed by atoms with Crippen LogP contribution in [0, 0.1) is 0 Å². The van der Waals surface area contributed by atoms with Crippen LogP contribution in [-0.2, 0) is 0 Å². The van der Waals surface area contributed by atoms with Gasteiger partial charge in [-0.3, -0.25) is 0 Å². The Morgan fingerprint density at radius 1 is 0.871 bits per heavy atom. The van der Waals surface area contributed by atoms with Crippen molar-refractivity contribution < 1.29 is 28.2 Å². The van der Waals surface area contributed by atoms with Gasteiger partial charge < -0.3 is 18.6 Å². The van der Waals surface area contributed by atoms with Gasteiger partial charge in [-0.05, 0) is 31.2 Å². The molecule has 0 radical (unpaired) electrons. The molecule has 0 fully saturated rings. The lowest BCUT2D eigenvalue weighted by atomic mass is 10.3. The summed E-state index contributed by atoms with van der Waals surface area (Å²) in [5.41, 5.74) is 0.517. The maximum absolute atomic E-state index is 13.0. The summed E-state index contributed by atoms with van der Waals surface area (Å²) in [7, 11) is 0. The summed E-state index contributed by atoms with van der Waals surface area (Å²) in [5, 5.41) is 0. The molecule has 9 heteroatoms. The molecule has 2 amide bonds. The van der Waals surface area contributed by atoms with E-state index >= 15 is 0 Å². The van der Waals surface area contributed by atoms with Crippen molar-refractivity contribution in [2.75, 3.05) is 11.5 Å². The average molecular weight is 419 g/mol. The number of hydrogen-bond acceptors (Lipinski definition) is 8. The summed E-state index contributed by atoms with van der Waals surface area (Å²) >= 11 is 0. The summed E-state index contributed by atoms with van der Waals surface area (Å²) in [5.74, 6) is 0.207. The van der Waals surface area contributed by atoms with Gasteiger partial charge in [0.1, 0.15) is 17.0 Å². The third kappa shape index (κ3) is 4.45. The van der Waals surface area contributed by atoms with Crippen LogP contribution in [0.25, 0.3) is 11.2 Å². The van der Waals surface area contributed by atoms with Gasteiger partial charge in [-0.15, -0.1) is 0 Å². The minimum atomic E-state index is -1.04. The number of para-hydroxylation sites is 2. The van der Waals surface area contributed by atoms with Gasteiger partial charge in [0.05, 0.1) is 12.9 Å². The smallest absolute Gasteiger partial charge is 0.430 e. The molecule has 0 saturated heterocycles. The van der Waals surface area contributed by atoms with Crippen molar-refractivity contribution in [1.82, 2.24) is 9.97 Å². The Hall–Kier alpha value is -4.40. The van der Waals surface area contributed by atoms with Crippen LogP contribution >= 0.6 is 0 Å². The van der Waals surface area contributed by atoms with Crippen molar-refractivity contribution in [1.29, 1.82) is 0 Å². The molecule has 2 aromatic carbocycles. The molecule has 156 valence electrons. The average Bonchev–Trinajstić information content (AvgIpc) is 3.23. The predicted molar refractivity (Wildman–Crippen MR) is 110 cm³/mol. The van der Waals surface area contributed by atoms with Crippen LogP contribution in [0.3, 0.4) is 0 Å². The van der Waals surface area contributed by atoms with Gasteiger partial charge in [0.2, 0.25) is 11.5 Å². The first kappa shape index (κ1) is 19.9. The van der Waals surface area contributed by atoms with Crippen molar-refractivity contribution in [3.05, 3.63) is 73.0 Å². The molecule has 0 aliphatic carbocycles. The van der Waals surface area contributed by atoms with E-state index in [1.54, 1.807) is 73.7 Å². The highest BCUT2D eigenvalue weighted by atomic mass is 16.6. The number of ether oxygens (including phenoxy) is 3. The van der Waals surface area contributed by atoms with E-state index in [0.717, 1.165) is 0 Å². The number of nitrogens with zero attached hydrogens (tertiary/aromatic N) is 3. The highest BCUT2D eigenvalue weighted by Gasteiger charge is 2.33. The zero-order chi connectivity index (χ0) is 21.6. The summed E-state index contributed by atoms with van der Waals surface area (Å²) in [6.07, 6.45) is -0.686. The fourth-order valence-electron chi connectivity index (χ4n) is 2.66. The van der Waals surface area contributed by atoms with Crippen LogP contribution in [-0.4, -0.2) is 28.8 Å². The first-order chi connectivity index (χ1) is 15.2. The Bertz CT molecular complexity index is 1140. The number of amides is 2. The van der Waals surface area contributed by atoms with Gasteiger partial charge in [0.15, 0.2) is 0 Å². The third-order valence-electron chi connectivity index (χ3n) is 4.00. The van der Waals surface area contributed by atoms with Gasteiger partial charge in [-0.1, -0.05) is 36.4 Å². The standard InChI is InChI=1S/C22H17N3O6/c1-2-28-20-18(23-17-13-14-29-19(17)24-20)25(21(26)30-15-9-5-3-6-10-15)22(27)31-16-11-7-4-8-12-16/h3-14H,2H2,1H3. The molecule has 0 N–H and O–H groups in total. The molecule has 31 heavy (non-hydrogen) atoms. The molecule has 0 aliphatic rings. The second-order valence-electron chi connectivity index (χ2n) is 6.09. The molecular weight excluding hydrogens is 402 g/mol. The molecule has 0 aliphatic heterocycles. The number of carbonyl (C=O) groups excluding carboxylic acids is 2. The number of anilines is 1. The van der Waals surface area contributed by atoms with Crippen molar-refractivity contribution in [3.8, 4) is 17.4 Å². The summed E-state index contributed by atoms with van der Waals surface area (Å²) in [6, 6.07) is 18.2. The van der Waals surface area contributed by atoms with Crippen molar-refractivity contribution in [2.45, 2.75) is 6.92 Å². The minimum absolute atomic E-state index is 0.0834. The normalized spacial score (nSPS) is 10.5. The van der Waals surface area contributed by atoms with E-state index in [2.05, 4.69) is 9.97 Å². The number of imide groups is 1. The van der Waals surface area contributed by atoms with Gasteiger partial charge in [0, 0.05) is 6.07 Å². The lowest BCUT2D eigenvalue weighted by molar-refractivity contribution is 0.190. The van der Waals surface area contributed by atoms with Gasteiger partial charge >= 0.3 is 12.2 Å². The molecule has 0 spiro atoms. The van der Waals surface area contributed by atoms with Crippen LogP contribution in [0.2, 0.25) is 0 Å². The maximum atomic E-state index is 13.0. The highest BCUT2D eigenvalue weighted by Crippen LogP contribution is 2.29. The monoisotopic (exact) mass is 419 g/mol. The molecule has 2 heterocycles. The van der Waals surface area contributed by atoms with E-state index in [9.17, 15) is 9.59 Å². The molecular formula is C22H17N3O6. The molecule has 2 aromatic heterocycles. The van der Waals surface area contributed by atoms with Gasteiger partial charge in [-0.25, -0.2) is 14.6 Å². The Labute approximate surface area is 176 Å². The van der Waals surface area contributed by atoms with Gasteiger partial charge in [-0.2, -0.15) is 9.88 Å². The lowest BCUT2D eigenvalue weighted by Gasteiger charge is -2.20. The Morgan fingerprint density at radius 3 is 2.00 bits per heavy atom. The molecule has 0 bridgehead atoms.